The molecule has 0 amide bonds. The van der Waals surface area contributed by atoms with Gasteiger partial charge >= 0.3 is 0 Å². The van der Waals surface area contributed by atoms with E-state index in [0.29, 0.717) is 0 Å². The molecule has 5 heteroatoms. The number of anilines is 3. The number of hydrogen-bond acceptors (Lipinski definition) is 4. The Hall–Kier alpha value is -6.14. The molecule has 54 heavy (non-hydrogen) atoms. The molecule has 0 saturated heterocycles. The first-order chi connectivity index (χ1) is 26.5. The van der Waals surface area contributed by atoms with Crippen molar-refractivity contribution in [2.45, 2.75) is 19.3 Å². The highest BCUT2D eigenvalue weighted by atomic mass is 32.1. The summed E-state index contributed by atoms with van der Waals surface area (Å²) < 4.78 is 2.60. The predicted octanol–water partition coefficient (Wildman–Crippen LogP) is 10.00. The molecule has 0 N–H and O–H groups in total. The van der Waals surface area contributed by atoms with Crippen molar-refractivity contribution < 1.29 is 0 Å². The Morgan fingerprint density at radius 2 is 1.13 bits per heavy atom. The number of hydrogen-bond donors (Lipinski definition) is 0. The van der Waals surface area contributed by atoms with Gasteiger partial charge in [-0.05, 0) is 80.4 Å². The highest BCUT2D eigenvalue weighted by Gasteiger charge is 2.44. The van der Waals surface area contributed by atoms with E-state index in [4.69, 9.17) is 9.97 Å². The Morgan fingerprint density at radius 1 is 0.481 bits per heavy atom. The lowest BCUT2D eigenvalue weighted by atomic mass is 9.73. The molecule has 0 aliphatic carbocycles. The van der Waals surface area contributed by atoms with Crippen molar-refractivity contribution >= 4 is 77.5 Å². The van der Waals surface area contributed by atoms with Gasteiger partial charge in [0, 0.05) is 43.5 Å². The summed E-state index contributed by atoms with van der Waals surface area (Å²) in [6.07, 6.45) is 3.79. The first kappa shape index (κ1) is 32.5. The van der Waals surface area contributed by atoms with Gasteiger partial charge in [0.05, 0.1) is 17.1 Å². The molecule has 0 saturated carbocycles. The Labute approximate surface area is 320 Å². The lowest BCUT2D eigenvalue weighted by Gasteiger charge is -2.43. The van der Waals surface area contributed by atoms with E-state index in [2.05, 4.69) is 183 Å². The maximum Gasteiger partial charge on any atom is 0.179 e. The van der Waals surface area contributed by atoms with Crippen LogP contribution in [0.2, 0.25) is 0 Å². The standard InChI is InChI=1S/C49H37N3SSi/c1-49(2)41-27-26-38(31-44(41)52(48-25-12-14-29-51-48)45-33-47-40(32-42(45)49)39-22-9-10-24-46(39)53-47)54(35-17-5-3-6-18-35,36-19-7-4-8-20-36)37-21-15-16-34(30-37)43-23-11-13-28-50-43/h3-33H,1-2H3. The van der Waals surface area contributed by atoms with Crippen LogP contribution in [0.1, 0.15) is 25.0 Å². The fourth-order valence-electron chi connectivity index (χ4n) is 8.75. The van der Waals surface area contributed by atoms with Gasteiger partial charge in [0.15, 0.2) is 8.07 Å². The molecule has 0 spiro atoms. The summed E-state index contributed by atoms with van der Waals surface area (Å²) in [5, 5.41) is 7.93. The highest BCUT2D eigenvalue weighted by Crippen LogP contribution is 2.53. The lowest BCUT2D eigenvalue weighted by molar-refractivity contribution is 0.632. The van der Waals surface area contributed by atoms with E-state index in [1.807, 2.05) is 35.9 Å². The molecule has 0 atom stereocenters. The van der Waals surface area contributed by atoms with Crippen LogP contribution in [0.5, 0.6) is 0 Å². The molecule has 9 aromatic rings. The van der Waals surface area contributed by atoms with Crippen molar-refractivity contribution in [3.8, 4) is 11.3 Å². The van der Waals surface area contributed by atoms with Gasteiger partial charge in [0.2, 0.25) is 0 Å². The molecular weight excluding hydrogens is 691 g/mol. The van der Waals surface area contributed by atoms with Gasteiger partial charge in [-0.2, -0.15) is 0 Å². The van der Waals surface area contributed by atoms with Gasteiger partial charge < -0.3 is 0 Å². The number of nitrogens with zero attached hydrogens (tertiary/aromatic N) is 3. The van der Waals surface area contributed by atoms with Gasteiger partial charge in [-0.3, -0.25) is 9.88 Å². The van der Waals surface area contributed by atoms with Gasteiger partial charge in [-0.25, -0.2) is 4.98 Å². The topological polar surface area (TPSA) is 29.0 Å². The summed E-state index contributed by atoms with van der Waals surface area (Å²) >= 11 is 1.87. The van der Waals surface area contributed by atoms with Crippen LogP contribution in [0.4, 0.5) is 17.2 Å². The van der Waals surface area contributed by atoms with Crippen LogP contribution >= 0.6 is 11.3 Å². The fourth-order valence-corrected chi connectivity index (χ4v) is 14.7. The van der Waals surface area contributed by atoms with Crippen molar-refractivity contribution in [1.29, 1.82) is 0 Å². The quantitative estimate of drug-likeness (QED) is 0.126. The first-order valence-electron chi connectivity index (χ1n) is 18.5. The molecule has 3 nitrogen and oxygen atoms in total. The molecule has 0 fully saturated rings. The van der Waals surface area contributed by atoms with E-state index in [-0.39, 0.29) is 5.41 Å². The summed E-state index contributed by atoms with van der Waals surface area (Å²) in [5.41, 5.74) is 6.78. The lowest BCUT2D eigenvalue weighted by Crippen LogP contribution is -2.74. The molecule has 0 unspecified atom stereocenters. The first-order valence-corrected chi connectivity index (χ1v) is 21.3. The average molecular weight is 728 g/mol. The van der Waals surface area contributed by atoms with E-state index in [1.165, 1.54) is 63.4 Å². The zero-order valence-electron chi connectivity index (χ0n) is 30.1. The largest absolute Gasteiger partial charge is 0.294 e. The van der Waals surface area contributed by atoms with Crippen molar-refractivity contribution in [3.63, 3.8) is 0 Å². The zero-order chi connectivity index (χ0) is 36.3. The van der Waals surface area contributed by atoms with Gasteiger partial charge in [-0.15, -0.1) is 11.3 Å². The molecule has 258 valence electrons. The van der Waals surface area contributed by atoms with Crippen LogP contribution in [0.3, 0.4) is 0 Å². The number of thiophene rings is 1. The highest BCUT2D eigenvalue weighted by molar-refractivity contribution is 7.25. The van der Waals surface area contributed by atoms with Crippen molar-refractivity contribution in [2.24, 2.45) is 0 Å². The Balaban J connectivity index is 1.28. The molecule has 6 aromatic carbocycles. The molecule has 0 radical (unpaired) electrons. The Bertz CT molecular complexity index is 2760. The molecule has 10 rings (SSSR count). The summed E-state index contributed by atoms with van der Waals surface area (Å²) in [7, 11) is -2.93. The molecule has 3 aromatic heterocycles. The second-order valence-corrected chi connectivity index (χ2v) is 19.5. The fraction of sp³-hybridized carbons (Fsp3) is 0.0612. The maximum absolute atomic E-state index is 5.02. The third-order valence-corrected chi connectivity index (χ3v) is 17.2. The van der Waals surface area contributed by atoms with Crippen LogP contribution in [0, 0.1) is 0 Å². The van der Waals surface area contributed by atoms with E-state index in [9.17, 15) is 0 Å². The van der Waals surface area contributed by atoms with E-state index < -0.39 is 8.07 Å². The van der Waals surface area contributed by atoms with Crippen LogP contribution in [-0.4, -0.2) is 18.0 Å². The van der Waals surface area contributed by atoms with Crippen LogP contribution in [-0.2, 0) is 5.41 Å². The van der Waals surface area contributed by atoms with Crippen molar-refractivity contribution in [1.82, 2.24) is 9.97 Å². The van der Waals surface area contributed by atoms with Crippen LogP contribution in [0.25, 0.3) is 31.4 Å². The maximum atomic E-state index is 5.02. The molecule has 0 bridgehead atoms. The predicted molar refractivity (Wildman–Crippen MR) is 231 cm³/mol. The molecule has 4 heterocycles. The summed E-state index contributed by atoms with van der Waals surface area (Å²) in [6.45, 7) is 4.77. The Morgan fingerprint density at radius 3 is 1.85 bits per heavy atom. The second kappa shape index (κ2) is 12.8. The van der Waals surface area contributed by atoms with Gasteiger partial charge in [-0.1, -0.05) is 141 Å². The minimum absolute atomic E-state index is 0.270. The number of rotatable bonds is 6. The van der Waals surface area contributed by atoms with Gasteiger partial charge in [0.1, 0.15) is 5.82 Å². The Kier molecular flexibility index (Phi) is 7.68. The minimum Gasteiger partial charge on any atom is -0.294 e. The number of aromatic nitrogens is 2. The van der Waals surface area contributed by atoms with E-state index in [0.717, 1.165) is 17.1 Å². The third-order valence-electron chi connectivity index (χ3n) is 11.3. The minimum atomic E-state index is -2.93. The molecular formula is C49H37N3SSi. The number of pyridine rings is 2. The normalized spacial score (nSPS) is 13.5. The van der Waals surface area contributed by atoms with Crippen molar-refractivity contribution in [3.05, 3.63) is 199 Å². The van der Waals surface area contributed by atoms with E-state index in [1.54, 1.807) is 0 Å². The monoisotopic (exact) mass is 727 g/mol. The smallest absolute Gasteiger partial charge is 0.179 e. The molecule has 1 aliphatic heterocycles. The summed E-state index contributed by atoms with van der Waals surface area (Å²) in [5.74, 6) is 0.914. The average Bonchev–Trinajstić information content (AvgIpc) is 3.60. The van der Waals surface area contributed by atoms with E-state index >= 15 is 0 Å². The van der Waals surface area contributed by atoms with Crippen LogP contribution in [0.15, 0.2) is 188 Å². The van der Waals surface area contributed by atoms with Gasteiger partial charge in [0.25, 0.3) is 0 Å². The van der Waals surface area contributed by atoms with Crippen molar-refractivity contribution in [2.75, 3.05) is 4.90 Å². The third kappa shape index (κ3) is 5.00. The summed E-state index contributed by atoms with van der Waals surface area (Å²) in [4.78, 5) is 12.2. The zero-order valence-corrected chi connectivity index (χ0v) is 32.0. The van der Waals surface area contributed by atoms with Crippen LogP contribution < -0.4 is 25.6 Å². The molecule has 1 aliphatic rings. The second-order valence-electron chi connectivity index (χ2n) is 14.6. The summed E-state index contributed by atoms with van der Waals surface area (Å²) in [6, 6.07) is 64.9. The SMILES string of the molecule is CC1(C)c2ccc([Si](c3ccccc3)(c3ccccc3)c3cccc(-c4ccccn4)c3)cc2N(c2ccccn2)c2cc3sc4ccccc4c3cc21. The number of fused-ring (bicyclic) bond motifs is 5. The number of benzene rings is 6.